The van der Waals surface area contributed by atoms with Crippen LogP contribution in [-0.4, -0.2) is 25.8 Å². The van der Waals surface area contributed by atoms with Gasteiger partial charge in [0, 0.05) is 12.6 Å². The zero-order valence-electron chi connectivity index (χ0n) is 6.89. The zero-order chi connectivity index (χ0) is 7.40. The van der Waals surface area contributed by atoms with Crippen LogP contribution in [0.4, 0.5) is 0 Å². The molecule has 0 unspecified atom stereocenters. The van der Waals surface area contributed by atoms with Crippen molar-refractivity contribution < 1.29 is 4.74 Å². The average molecular weight is 143 g/mol. The van der Waals surface area contributed by atoms with Gasteiger partial charge in [-0.15, -0.1) is 0 Å². The van der Waals surface area contributed by atoms with Gasteiger partial charge in [-0.1, -0.05) is 13.8 Å². The van der Waals surface area contributed by atoms with Gasteiger partial charge in [-0.3, -0.25) is 0 Å². The van der Waals surface area contributed by atoms with Gasteiger partial charge in [0.15, 0.2) is 0 Å². The number of hydrogen-bond donors (Lipinski definition) is 1. The Hall–Kier alpha value is -0.0800. The normalized spacial score (nSPS) is 34.2. The Labute approximate surface area is 63.0 Å². The summed E-state index contributed by atoms with van der Waals surface area (Å²) in [7, 11) is 0. The predicted molar refractivity (Wildman–Crippen MR) is 42.1 cm³/mol. The second-order valence-corrected chi connectivity index (χ2v) is 3.01. The van der Waals surface area contributed by atoms with Gasteiger partial charge in [0.05, 0.1) is 6.61 Å². The zero-order valence-corrected chi connectivity index (χ0v) is 6.89. The molecule has 2 atom stereocenters. The highest BCUT2D eigenvalue weighted by Crippen LogP contribution is 2.12. The summed E-state index contributed by atoms with van der Waals surface area (Å²) in [6, 6.07) is 0.693. The lowest BCUT2D eigenvalue weighted by molar-refractivity contribution is 0.0396. The minimum atomic E-state index is 0.689. The van der Waals surface area contributed by atoms with E-state index in [0.717, 1.165) is 19.8 Å². The molecule has 0 aromatic carbocycles. The molecule has 0 aromatic heterocycles. The van der Waals surface area contributed by atoms with Crippen LogP contribution in [0.15, 0.2) is 0 Å². The third-order valence-corrected chi connectivity index (χ3v) is 2.11. The Kier molecular flexibility index (Phi) is 3.16. The Bertz CT molecular complexity index is 93.3. The van der Waals surface area contributed by atoms with Gasteiger partial charge >= 0.3 is 0 Å². The van der Waals surface area contributed by atoms with Gasteiger partial charge in [0.2, 0.25) is 0 Å². The van der Waals surface area contributed by atoms with E-state index in [0.29, 0.717) is 12.0 Å². The fourth-order valence-corrected chi connectivity index (χ4v) is 1.45. The molecule has 0 bridgehead atoms. The van der Waals surface area contributed by atoms with E-state index in [-0.39, 0.29) is 0 Å². The van der Waals surface area contributed by atoms with Gasteiger partial charge < -0.3 is 10.1 Å². The fourth-order valence-electron chi connectivity index (χ4n) is 1.45. The van der Waals surface area contributed by atoms with Crippen molar-refractivity contribution in [2.24, 2.45) is 5.92 Å². The predicted octanol–water partition coefficient (Wildman–Crippen LogP) is 1.02. The third kappa shape index (κ3) is 1.96. The molecule has 1 N–H and O–H groups in total. The van der Waals surface area contributed by atoms with Crippen molar-refractivity contribution in [2.75, 3.05) is 19.8 Å². The van der Waals surface area contributed by atoms with Crippen LogP contribution in [0, 0.1) is 5.92 Å². The number of ether oxygens (including phenoxy) is 1. The van der Waals surface area contributed by atoms with Gasteiger partial charge in [-0.2, -0.15) is 0 Å². The molecule has 2 heteroatoms. The van der Waals surface area contributed by atoms with Crippen LogP contribution < -0.4 is 5.32 Å². The molecule has 1 rings (SSSR count). The Balaban J connectivity index is 2.25. The van der Waals surface area contributed by atoms with Crippen LogP contribution >= 0.6 is 0 Å². The summed E-state index contributed by atoms with van der Waals surface area (Å²) in [4.78, 5) is 0. The molecular formula is C8H17NO. The smallest absolute Gasteiger partial charge is 0.0506 e. The SMILES string of the molecule is CCN[C@@H]1CCOC[C@@H]1C. The topological polar surface area (TPSA) is 21.3 Å². The lowest BCUT2D eigenvalue weighted by Gasteiger charge is -2.29. The standard InChI is InChI=1S/C8H17NO/c1-3-9-8-4-5-10-6-7(8)2/h7-9H,3-6H2,1-2H3/t7-,8+/m0/s1. The van der Waals surface area contributed by atoms with Crippen LogP contribution in [0.25, 0.3) is 0 Å². The van der Waals surface area contributed by atoms with Crippen LogP contribution in [0.2, 0.25) is 0 Å². The monoisotopic (exact) mass is 143 g/mol. The summed E-state index contributed by atoms with van der Waals surface area (Å²) >= 11 is 0. The van der Waals surface area contributed by atoms with Gasteiger partial charge in [-0.25, -0.2) is 0 Å². The van der Waals surface area contributed by atoms with E-state index in [9.17, 15) is 0 Å². The van der Waals surface area contributed by atoms with Crippen LogP contribution in [0.5, 0.6) is 0 Å². The van der Waals surface area contributed by atoms with Crippen molar-refractivity contribution in [1.29, 1.82) is 0 Å². The van der Waals surface area contributed by atoms with E-state index < -0.39 is 0 Å². The molecule has 0 amide bonds. The van der Waals surface area contributed by atoms with Crippen molar-refractivity contribution in [3.8, 4) is 0 Å². The molecule has 1 heterocycles. The summed E-state index contributed by atoms with van der Waals surface area (Å²) in [5, 5.41) is 3.45. The molecule has 1 aliphatic heterocycles. The van der Waals surface area contributed by atoms with E-state index in [1.165, 1.54) is 6.42 Å². The first-order chi connectivity index (χ1) is 4.84. The molecule has 0 aliphatic carbocycles. The van der Waals surface area contributed by atoms with Crippen LogP contribution in [0.1, 0.15) is 20.3 Å². The summed E-state index contributed by atoms with van der Waals surface area (Å²) < 4.78 is 5.32. The maximum atomic E-state index is 5.32. The van der Waals surface area contributed by atoms with Crippen LogP contribution in [-0.2, 0) is 4.74 Å². The van der Waals surface area contributed by atoms with Crippen molar-refractivity contribution in [3.05, 3.63) is 0 Å². The molecule has 0 spiro atoms. The summed E-state index contributed by atoms with van der Waals surface area (Å²) in [6.07, 6.45) is 1.18. The Morgan fingerprint density at radius 1 is 1.60 bits per heavy atom. The van der Waals surface area contributed by atoms with E-state index >= 15 is 0 Å². The lowest BCUT2D eigenvalue weighted by atomic mass is 9.98. The second-order valence-electron chi connectivity index (χ2n) is 3.01. The second kappa shape index (κ2) is 3.94. The highest BCUT2D eigenvalue weighted by atomic mass is 16.5. The van der Waals surface area contributed by atoms with Crippen molar-refractivity contribution in [3.63, 3.8) is 0 Å². The van der Waals surface area contributed by atoms with E-state index in [2.05, 4.69) is 19.2 Å². The minimum Gasteiger partial charge on any atom is -0.381 e. The maximum absolute atomic E-state index is 5.32. The molecule has 2 nitrogen and oxygen atoms in total. The first-order valence-corrected chi connectivity index (χ1v) is 4.15. The van der Waals surface area contributed by atoms with Crippen molar-refractivity contribution in [1.82, 2.24) is 5.32 Å². The Morgan fingerprint density at radius 2 is 2.40 bits per heavy atom. The fraction of sp³-hybridized carbons (Fsp3) is 1.00. The molecule has 60 valence electrons. The average Bonchev–Trinajstić information content (AvgIpc) is 1.94. The number of nitrogens with one attached hydrogen (secondary N) is 1. The molecular weight excluding hydrogens is 126 g/mol. The molecule has 1 aliphatic rings. The lowest BCUT2D eigenvalue weighted by Crippen LogP contribution is -2.41. The van der Waals surface area contributed by atoms with Crippen molar-refractivity contribution in [2.45, 2.75) is 26.3 Å². The van der Waals surface area contributed by atoms with Gasteiger partial charge in [-0.05, 0) is 18.9 Å². The molecule has 10 heavy (non-hydrogen) atoms. The molecule has 1 fully saturated rings. The van der Waals surface area contributed by atoms with Gasteiger partial charge in [0.25, 0.3) is 0 Å². The van der Waals surface area contributed by atoms with E-state index in [1.54, 1.807) is 0 Å². The molecule has 0 aromatic rings. The third-order valence-electron chi connectivity index (χ3n) is 2.11. The molecule has 0 radical (unpaired) electrons. The Morgan fingerprint density at radius 3 is 3.00 bits per heavy atom. The summed E-state index contributed by atoms with van der Waals surface area (Å²) in [5.74, 6) is 0.689. The summed E-state index contributed by atoms with van der Waals surface area (Å²) in [5.41, 5.74) is 0. The first kappa shape index (κ1) is 8.02. The van der Waals surface area contributed by atoms with E-state index in [1.807, 2.05) is 0 Å². The maximum Gasteiger partial charge on any atom is 0.0506 e. The first-order valence-electron chi connectivity index (χ1n) is 4.15. The number of rotatable bonds is 2. The summed E-state index contributed by atoms with van der Waals surface area (Å²) in [6.45, 7) is 7.34. The van der Waals surface area contributed by atoms with Crippen LogP contribution in [0.3, 0.4) is 0 Å². The van der Waals surface area contributed by atoms with Crippen molar-refractivity contribution >= 4 is 0 Å². The van der Waals surface area contributed by atoms with E-state index in [4.69, 9.17) is 4.74 Å². The number of hydrogen-bond acceptors (Lipinski definition) is 2. The highest BCUT2D eigenvalue weighted by Gasteiger charge is 2.19. The largest absolute Gasteiger partial charge is 0.381 e. The molecule has 0 saturated carbocycles. The van der Waals surface area contributed by atoms with Gasteiger partial charge in [0.1, 0.15) is 0 Å². The minimum absolute atomic E-state index is 0.689. The quantitative estimate of drug-likeness (QED) is 0.623. The molecule has 1 saturated heterocycles. The highest BCUT2D eigenvalue weighted by molar-refractivity contribution is 4.75.